The minimum atomic E-state index is -3.49. The van der Waals surface area contributed by atoms with Gasteiger partial charge in [0, 0.05) is 30.1 Å². The molecule has 1 heterocycles. The standard InChI is InChI=1S/C22H25F3N2O3S/c1-13(2)22(28)27-8-7-19(26-31(3,29)30)20(27)10-14-5-4-6-15(9-14)17-11-16(23)12-18(24)21(17)25/h4-6,9,11-13,19-20,26H,7-8,10H2,1-3H3. The molecule has 1 aliphatic heterocycles. The van der Waals surface area contributed by atoms with Gasteiger partial charge in [-0.2, -0.15) is 0 Å². The molecule has 2 aromatic carbocycles. The number of sulfonamides is 1. The summed E-state index contributed by atoms with van der Waals surface area (Å²) in [6, 6.07) is 7.04. The maximum atomic E-state index is 14.2. The molecular formula is C22H25F3N2O3S. The zero-order valence-electron chi connectivity index (χ0n) is 17.5. The number of nitrogens with one attached hydrogen (secondary N) is 1. The maximum Gasteiger partial charge on any atom is 0.225 e. The van der Waals surface area contributed by atoms with Gasteiger partial charge in [0.1, 0.15) is 5.82 Å². The first-order valence-corrected chi connectivity index (χ1v) is 11.9. The van der Waals surface area contributed by atoms with Crippen LogP contribution in [0.4, 0.5) is 13.2 Å². The summed E-state index contributed by atoms with van der Waals surface area (Å²) in [5.41, 5.74) is 0.780. The van der Waals surface area contributed by atoms with Crippen molar-refractivity contribution in [3.63, 3.8) is 0 Å². The van der Waals surface area contributed by atoms with E-state index in [1.54, 1.807) is 43.0 Å². The van der Waals surface area contributed by atoms with Crippen molar-refractivity contribution in [1.29, 1.82) is 0 Å². The summed E-state index contributed by atoms with van der Waals surface area (Å²) in [7, 11) is -3.49. The van der Waals surface area contributed by atoms with Crippen LogP contribution in [0, 0.1) is 23.4 Å². The van der Waals surface area contributed by atoms with Gasteiger partial charge in [0.25, 0.3) is 0 Å². The number of hydrogen-bond acceptors (Lipinski definition) is 3. The van der Waals surface area contributed by atoms with Crippen molar-refractivity contribution in [2.75, 3.05) is 12.8 Å². The molecule has 1 aliphatic rings. The molecular weight excluding hydrogens is 429 g/mol. The van der Waals surface area contributed by atoms with Crippen LogP contribution in [0.25, 0.3) is 11.1 Å². The van der Waals surface area contributed by atoms with Crippen molar-refractivity contribution in [2.45, 2.75) is 38.8 Å². The summed E-state index contributed by atoms with van der Waals surface area (Å²) in [5, 5.41) is 0. The van der Waals surface area contributed by atoms with Gasteiger partial charge in [-0.25, -0.2) is 26.3 Å². The fourth-order valence-electron chi connectivity index (χ4n) is 4.00. The van der Waals surface area contributed by atoms with E-state index in [1.807, 2.05) is 0 Å². The minimum Gasteiger partial charge on any atom is -0.337 e. The van der Waals surface area contributed by atoms with E-state index in [4.69, 9.17) is 0 Å². The van der Waals surface area contributed by atoms with Crippen LogP contribution in [-0.2, 0) is 21.2 Å². The summed E-state index contributed by atoms with van der Waals surface area (Å²) in [6.45, 7) is 3.97. The molecule has 0 bridgehead atoms. The zero-order valence-corrected chi connectivity index (χ0v) is 18.3. The molecule has 1 N–H and O–H groups in total. The van der Waals surface area contributed by atoms with Crippen LogP contribution >= 0.6 is 0 Å². The normalized spacial score (nSPS) is 19.3. The third-order valence-electron chi connectivity index (χ3n) is 5.36. The highest BCUT2D eigenvalue weighted by Gasteiger charge is 2.39. The lowest BCUT2D eigenvalue weighted by Crippen LogP contribution is -2.48. The second kappa shape index (κ2) is 9.00. The van der Waals surface area contributed by atoms with Gasteiger partial charge in [-0.05, 0) is 30.0 Å². The fourth-order valence-corrected chi connectivity index (χ4v) is 4.82. The van der Waals surface area contributed by atoms with Crippen molar-refractivity contribution in [3.05, 3.63) is 59.4 Å². The van der Waals surface area contributed by atoms with Crippen LogP contribution < -0.4 is 4.72 Å². The van der Waals surface area contributed by atoms with Gasteiger partial charge in [-0.1, -0.05) is 38.1 Å². The third-order valence-corrected chi connectivity index (χ3v) is 6.09. The Morgan fingerprint density at radius 3 is 2.55 bits per heavy atom. The van der Waals surface area contributed by atoms with Gasteiger partial charge in [-0.15, -0.1) is 0 Å². The Morgan fingerprint density at radius 1 is 1.19 bits per heavy atom. The summed E-state index contributed by atoms with van der Waals surface area (Å²) >= 11 is 0. The Hall–Kier alpha value is -2.39. The molecule has 0 spiro atoms. The maximum absolute atomic E-state index is 14.2. The Balaban J connectivity index is 1.94. The fraction of sp³-hybridized carbons (Fsp3) is 0.409. The Kier molecular flexibility index (Phi) is 6.76. The number of carbonyl (C=O) groups is 1. The second-order valence-electron chi connectivity index (χ2n) is 8.19. The van der Waals surface area contributed by atoms with Gasteiger partial charge < -0.3 is 4.90 Å². The van der Waals surface area contributed by atoms with Crippen LogP contribution in [0.1, 0.15) is 25.8 Å². The molecule has 1 saturated heterocycles. The van der Waals surface area contributed by atoms with Crippen molar-refractivity contribution < 1.29 is 26.4 Å². The number of benzene rings is 2. The monoisotopic (exact) mass is 454 g/mol. The van der Waals surface area contributed by atoms with E-state index in [2.05, 4.69) is 4.72 Å². The molecule has 1 fully saturated rings. The second-order valence-corrected chi connectivity index (χ2v) is 9.97. The highest BCUT2D eigenvalue weighted by Crippen LogP contribution is 2.29. The average Bonchev–Trinajstić information content (AvgIpc) is 3.04. The number of carbonyl (C=O) groups excluding carboxylic acids is 1. The molecule has 0 radical (unpaired) electrons. The van der Waals surface area contributed by atoms with Gasteiger partial charge in [0.2, 0.25) is 15.9 Å². The highest BCUT2D eigenvalue weighted by molar-refractivity contribution is 7.88. The van der Waals surface area contributed by atoms with E-state index in [0.29, 0.717) is 36.6 Å². The van der Waals surface area contributed by atoms with Crippen molar-refractivity contribution >= 4 is 15.9 Å². The molecule has 2 atom stereocenters. The molecule has 31 heavy (non-hydrogen) atoms. The number of amides is 1. The van der Waals surface area contributed by atoms with E-state index in [-0.39, 0.29) is 17.4 Å². The van der Waals surface area contributed by atoms with E-state index in [0.717, 1.165) is 12.3 Å². The number of likely N-dealkylation sites (tertiary alicyclic amines) is 1. The summed E-state index contributed by atoms with van der Waals surface area (Å²) in [5.74, 6) is -3.65. The number of halogens is 3. The van der Waals surface area contributed by atoms with Crippen LogP contribution in [-0.4, -0.2) is 44.1 Å². The van der Waals surface area contributed by atoms with Gasteiger partial charge >= 0.3 is 0 Å². The van der Waals surface area contributed by atoms with Crippen LogP contribution in [0.3, 0.4) is 0 Å². The Bertz CT molecular complexity index is 1090. The predicted octanol–water partition coefficient (Wildman–Crippen LogP) is 3.49. The molecule has 5 nitrogen and oxygen atoms in total. The van der Waals surface area contributed by atoms with Crippen LogP contribution in [0.15, 0.2) is 36.4 Å². The third kappa shape index (κ3) is 5.46. The lowest BCUT2D eigenvalue weighted by Gasteiger charge is -2.30. The minimum absolute atomic E-state index is 0.0859. The first-order valence-electron chi connectivity index (χ1n) is 9.98. The molecule has 0 saturated carbocycles. The quantitative estimate of drug-likeness (QED) is 0.680. The van der Waals surface area contributed by atoms with Gasteiger partial charge in [-0.3, -0.25) is 4.79 Å². The Morgan fingerprint density at radius 2 is 1.90 bits per heavy atom. The molecule has 9 heteroatoms. The molecule has 2 aromatic rings. The van der Waals surface area contributed by atoms with E-state index < -0.39 is 39.6 Å². The van der Waals surface area contributed by atoms with E-state index in [1.165, 1.54) is 0 Å². The van der Waals surface area contributed by atoms with E-state index in [9.17, 15) is 26.4 Å². The van der Waals surface area contributed by atoms with Crippen LogP contribution in [0.5, 0.6) is 0 Å². The van der Waals surface area contributed by atoms with E-state index >= 15 is 0 Å². The van der Waals surface area contributed by atoms with Crippen molar-refractivity contribution in [1.82, 2.24) is 9.62 Å². The molecule has 168 valence electrons. The van der Waals surface area contributed by atoms with Gasteiger partial charge in [0.05, 0.1) is 12.3 Å². The number of rotatable bonds is 6. The SMILES string of the molecule is CC(C)C(=O)N1CCC(NS(C)(=O)=O)C1Cc1cccc(-c2cc(F)cc(F)c2F)c1. The lowest BCUT2D eigenvalue weighted by molar-refractivity contribution is -0.135. The first-order chi connectivity index (χ1) is 14.5. The zero-order chi connectivity index (χ0) is 22.9. The van der Waals surface area contributed by atoms with Crippen LogP contribution in [0.2, 0.25) is 0 Å². The molecule has 3 rings (SSSR count). The average molecular weight is 455 g/mol. The summed E-state index contributed by atoms with van der Waals surface area (Å²) in [4.78, 5) is 14.3. The first kappa shape index (κ1) is 23.3. The lowest BCUT2D eigenvalue weighted by atomic mass is 9.96. The number of nitrogens with zero attached hydrogens (tertiary/aromatic N) is 1. The summed E-state index contributed by atoms with van der Waals surface area (Å²) < 4.78 is 67.7. The van der Waals surface area contributed by atoms with Gasteiger partial charge in [0.15, 0.2) is 11.6 Å². The predicted molar refractivity (Wildman–Crippen MR) is 112 cm³/mol. The number of hydrogen-bond donors (Lipinski definition) is 1. The molecule has 0 aliphatic carbocycles. The molecule has 0 aromatic heterocycles. The smallest absolute Gasteiger partial charge is 0.225 e. The molecule has 2 unspecified atom stereocenters. The van der Waals surface area contributed by atoms with Crippen molar-refractivity contribution in [2.24, 2.45) is 5.92 Å². The highest BCUT2D eigenvalue weighted by atomic mass is 32.2. The molecule has 1 amide bonds. The Labute approximate surface area is 180 Å². The summed E-state index contributed by atoms with van der Waals surface area (Å²) in [6.07, 6.45) is 1.84. The topological polar surface area (TPSA) is 66.5 Å². The van der Waals surface area contributed by atoms with Crippen molar-refractivity contribution in [3.8, 4) is 11.1 Å². The largest absolute Gasteiger partial charge is 0.337 e.